The summed E-state index contributed by atoms with van der Waals surface area (Å²) in [5, 5.41) is 3.56. The molecule has 0 aliphatic carbocycles. The van der Waals surface area contributed by atoms with Gasteiger partial charge in [0.05, 0.1) is 0 Å². The Balaban J connectivity index is 2.42. The summed E-state index contributed by atoms with van der Waals surface area (Å²) in [6.45, 7) is 0. The lowest BCUT2D eigenvalue weighted by Crippen LogP contribution is -1.84. The Kier molecular flexibility index (Phi) is 2.62. The van der Waals surface area contributed by atoms with Crippen LogP contribution in [0.3, 0.4) is 0 Å². The number of nitrogens with zero attached hydrogens (tertiary/aromatic N) is 1. The summed E-state index contributed by atoms with van der Waals surface area (Å²) in [6, 6.07) is 1.76. The van der Waals surface area contributed by atoms with Crippen molar-refractivity contribution in [3.05, 3.63) is 11.8 Å². The normalized spacial score (nSPS) is 10.1. The third-order valence-electron chi connectivity index (χ3n) is 1.13. The summed E-state index contributed by atoms with van der Waals surface area (Å²) in [7, 11) is 0. The molecule has 0 radical (unpaired) electrons. The van der Waals surface area contributed by atoms with E-state index >= 15 is 0 Å². The first kappa shape index (κ1) is 7.47. The maximum Gasteiger partial charge on any atom is 0.167 e. The van der Waals surface area contributed by atoms with Crippen LogP contribution in [0.1, 0.15) is 5.76 Å². The number of aryl methyl sites for hydroxylation is 1. The molecule has 0 amide bonds. The van der Waals surface area contributed by atoms with Gasteiger partial charge < -0.3 is 10.3 Å². The molecule has 2 N–H and O–H groups in total. The molecule has 0 saturated carbocycles. The maximum atomic E-state index is 5.34. The van der Waals surface area contributed by atoms with Crippen molar-refractivity contribution in [1.29, 1.82) is 0 Å². The van der Waals surface area contributed by atoms with Crippen LogP contribution in [0.5, 0.6) is 0 Å². The van der Waals surface area contributed by atoms with Crippen molar-refractivity contribution < 1.29 is 4.52 Å². The molecule has 0 aliphatic heterocycles. The van der Waals surface area contributed by atoms with E-state index in [4.69, 9.17) is 10.3 Å². The maximum absolute atomic E-state index is 5.34. The standard InChI is InChI=1S/C6H10N2OS/c1-10-3-2-5-4-6(7)8-9-5/h4H,2-3H2,1H3,(H2,7,8). The molecule has 0 aliphatic rings. The first-order chi connectivity index (χ1) is 4.83. The van der Waals surface area contributed by atoms with Crippen LogP contribution in [0.2, 0.25) is 0 Å². The Labute approximate surface area is 64.0 Å². The highest BCUT2D eigenvalue weighted by atomic mass is 32.2. The molecule has 0 spiro atoms. The SMILES string of the molecule is CSCCc1cc(N)no1. The predicted molar refractivity (Wildman–Crippen MR) is 43.0 cm³/mol. The number of rotatable bonds is 3. The Morgan fingerprint density at radius 1 is 1.80 bits per heavy atom. The van der Waals surface area contributed by atoms with Gasteiger partial charge in [-0.15, -0.1) is 0 Å². The zero-order valence-electron chi connectivity index (χ0n) is 5.83. The molecule has 0 fully saturated rings. The molecule has 0 saturated heterocycles. The van der Waals surface area contributed by atoms with Gasteiger partial charge in [-0.25, -0.2) is 0 Å². The Morgan fingerprint density at radius 2 is 2.60 bits per heavy atom. The van der Waals surface area contributed by atoms with Crippen molar-refractivity contribution >= 4 is 17.6 Å². The minimum Gasteiger partial charge on any atom is -0.381 e. The minimum atomic E-state index is 0.469. The number of nitrogen functional groups attached to an aromatic ring is 1. The zero-order chi connectivity index (χ0) is 7.40. The van der Waals surface area contributed by atoms with Crippen LogP contribution < -0.4 is 5.73 Å². The van der Waals surface area contributed by atoms with Crippen LogP contribution in [-0.2, 0) is 6.42 Å². The van der Waals surface area contributed by atoms with Gasteiger partial charge >= 0.3 is 0 Å². The molecule has 10 heavy (non-hydrogen) atoms. The molecular formula is C6H10N2OS. The highest BCUT2D eigenvalue weighted by molar-refractivity contribution is 7.98. The summed E-state index contributed by atoms with van der Waals surface area (Å²) in [6.07, 6.45) is 2.96. The van der Waals surface area contributed by atoms with Gasteiger partial charge in [-0.1, -0.05) is 5.16 Å². The van der Waals surface area contributed by atoms with E-state index in [-0.39, 0.29) is 0 Å². The van der Waals surface area contributed by atoms with Gasteiger partial charge in [-0.05, 0) is 6.26 Å². The lowest BCUT2D eigenvalue weighted by Gasteiger charge is -1.88. The molecule has 0 unspecified atom stereocenters. The molecule has 0 atom stereocenters. The van der Waals surface area contributed by atoms with Gasteiger partial charge in [0.1, 0.15) is 5.76 Å². The van der Waals surface area contributed by atoms with Gasteiger partial charge in [-0.2, -0.15) is 11.8 Å². The van der Waals surface area contributed by atoms with Gasteiger partial charge in [-0.3, -0.25) is 0 Å². The largest absolute Gasteiger partial charge is 0.381 e. The smallest absolute Gasteiger partial charge is 0.167 e. The topological polar surface area (TPSA) is 52.0 Å². The van der Waals surface area contributed by atoms with Crippen LogP contribution in [0.4, 0.5) is 5.82 Å². The number of thioether (sulfide) groups is 1. The molecule has 0 aromatic carbocycles. The Hall–Kier alpha value is -0.640. The molecule has 3 nitrogen and oxygen atoms in total. The lowest BCUT2D eigenvalue weighted by atomic mass is 10.4. The van der Waals surface area contributed by atoms with E-state index in [0.29, 0.717) is 5.82 Å². The third kappa shape index (κ3) is 1.95. The highest BCUT2D eigenvalue weighted by Gasteiger charge is 1.98. The average molecular weight is 158 g/mol. The second-order valence-corrected chi connectivity index (χ2v) is 2.95. The number of hydrogen-bond donors (Lipinski definition) is 1. The van der Waals surface area contributed by atoms with E-state index in [1.165, 1.54) is 0 Å². The van der Waals surface area contributed by atoms with Crippen LogP contribution >= 0.6 is 11.8 Å². The van der Waals surface area contributed by atoms with Crippen molar-refractivity contribution in [3.63, 3.8) is 0 Å². The van der Waals surface area contributed by atoms with E-state index in [1.807, 2.05) is 0 Å². The zero-order valence-corrected chi connectivity index (χ0v) is 6.65. The van der Waals surface area contributed by atoms with Gasteiger partial charge in [0, 0.05) is 18.2 Å². The number of nitrogens with two attached hydrogens (primary N) is 1. The van der Waals surface area contributed by atoms with Gasteiger partial charge in [0.2, 0.25) is 0 Å². The molecule has 1 heterocycles. The molecule has 56 valence electrons. The molecule has 1 aromatic rings. The summed E-state index contributed by atoms with van der Waals surface area (Å²) in [5.74, 6) is 2.39. The van der Waals surface area contributed by atoms with Crippen molar-refractivity contribution in [1.82, 2.24) is 5.16 Å². The monoisotopic (exact) mass is 158 g/mol. The predicted octanol–water partition coefficient (Wildman–Crippen LogP) is 1.16. The molecule has 1 rings (SSSR count). The fourth-order valence-electron chi connectivity index (χ4n) is 0.649. The number of anilines is 1. The van der Waals surface area contributed by atoms with E-state index in [0.717, 1.165) is 17.9 Å². The fourth-order valence-corrected chi connectivity index (χ4v) is 1.05. The summed E-state index contributed by atoms with van der Waals surface area (Å²) >= 11 is 1.78. The Bertz CT molecular complexity index is 199. The van der Waals surface area contributed by atoms with E-state index < -0.39 is 0 Å². The van der Waals surface area contributed by atoms with E-state index in [2.05, 4.69) is 11.4 Å². The average Bonchev–Trinajstić information content (AvgIpc) is 2.31. The molecule has 1 aromatic heterocycles. The third-order valence-corrected chi connectivity index (χ3v) is 1.74. The quantitative estimate of drug-likeness (QED) is 0.717. The van der Waals surface area contributed by atoms with Crippen LogP contribution in [-0.4, -0.2) is 17.2 Å². The van der Waals surface area contributed by atoms with E-state index in [1.54, 1.807) is 17.8 Å². The second kappa shape index (κ2) is 3.51. The first-order valence-corrected chi connectivity index (χ1v) is 4.42. The van der Waals surface area contributed by atoms with E-state index in [9.17, 15) is 0 Å². The fraction of sp³-hybridized carbons (Fsp3) is 0.500. The highest BCUT2D eigenvalue weighted by Crippen LogP contribution is 2.07. The summed E-state index contributed by atoms with van der Waals surface area (Å²) < 4.78 is 4.88. The van der Waals surface area contributed by atoms with Crippen LogP contribution in [0.25, 0.3) is 0 Å². The number of hydrogen-bond acceptors (Lipinski definition) is 4. The summed E-state index contributed by atoms with van der Waals surface area (Å²) in [4.78, 5) is 0. The van der Waals surface area contributed by atoms with Crippen molar-refractivity contribution in [2.75, 3.05) is 17.7 Å². The van der Waals surface area contributed by atoms with Gasteiger partial charge in [0.25, 0.3) is 0 Å². The van der Waals surface area contributed by atoms with Gasteiger partial charge in [0.15, 0.2) is 5.82 Å². The second-order valence-electron chi connectivity index (χ2n) is 1.96. The molecule has 0 bridgehead atoms. The van der Waals surface area contributed by atoms with Crippen LogP contribution in [0, 0.1) is 0 Å². The Morgan fingerprint density at radius 3 is 3.10 bits per heavy atom. The van der Waals surface area contributed by atoms with Crippen molar-refractivity contribution in [3.8, 4) is 0 Å². The number of aromatic nitrogens is 1. The van der Waals surface area contributed by atoms with Crippen molar-refractivity contribution in [2.45, 2.75) is 6.42 Å². The molecule has 4 heteroatoms. The molecular weight excluding hydrogens is 148 g/mol. The first-order valence-electron chi connectivity index (χ1n) is 3.03. The summed E-state index contributed by atoms with van der Waals surface area (Å²) in [5.41, 5.74) is 5.34. The van der Waals surface area contributed by atoms with Crippen LogP contribution in [0.15, 0.2) is 10.6 Å². The lowest BCUT2D eigenvalue weighted by molar-refractivity contribution is 0.390. The van der Waals surface area contributed by atoms with Crippen molar-refractivity contribution in [2.24, 2.45) is 0 Å². The minimum absolute atomic E-state index is 0.469.